The van der Waals surface area contributed by atoms with E-state index in [0.717, 1.165) is 24.9 Å². The van der Waals surface area contributed by atoms with Gasteiger partial charge in [-0.2, -0.15) is 0 Å². The van der Waals surface area contributed by atoms with E-state index in [9.17, 15) is 5.11 Å². The van der Waals surface area contributed by atoms with E-state index < -0.39 is 5.60 Å². The molecular weight excluding hydrogens is 238 g/mol. The third-order valence-electron chi connectivity index (χ3n) is 4.12. The maximum absolute atomic E-state index is 10.7. The Morgan fingerprint density at radius 1 is 1.26 bits per heavy atom. The Morgan fingerprint density at radius 3 is 2.68 bits per heavy atom. The number of aliphatic hydroxyl groups excluding tert-OH is 1. The number of likely N-dealkylation sites (tertiary alicyclic amines) is 1. The van der Waals surface area contributed by atoms with Crippen molar-refractivity contribution < 1.29 is 10.2 Å². The fourth-order valence-corrected chi connectivity index (χ4v) is 3.03. The Balaban J connectivity index is 2.05. The summed E-state index contributed by atoms with van der Waals surface area (Å²) >= 11 is 0. The third kappa shape index (κ3) is 3.78. The number of nitrogens with zero attached hydrogens (tertiary/aromatic N) is 1. The number of benzene rings is 1. The lowest BCUT2D eigenvalue weighted by Gasteiger charge is -2.40. The van der Waals surface area contributed by atoms with Crippen molar-refractivity contribution in [3.05, 3.63) is 35.9 Å². The molecule has 0 spiro atoms. The van der Waals surface area contributed by atoms with Crippen molar-refractivity contribution in [1.29, 1.82) is 0 Å². The lowest BCUT2D eigenvalue weighted by Crippen LogP contribution is -2.47. The quantitative estimate of drug-likeness (QED) is 0.855. The number of hydrogen-bond acceptors (Lipinski definition) is 3. The van der Waals surface area contributed by atoms with Gasteiger partial charge in [-0.1, -0.05) is 36.8 Å². The van der Waals surface area contributed by atoms with Crippen LogP contribution in [0.5, 0.6) is 0 Å². The minimum absolute atomic E-state index is 0.231. The Bertz CT molecular complexity index is 376. The van der Waals surface area contributed by atoms with Gasteiger partial charge in [0.1, 0.15) is 0 Å². The molecule has 106 valence electrons. The van der Waals surface area contributed by atoms with Gasteiger partial charge in [0, 0.05) is 19.2 Å². The zero-order valence-corrected chi connectivity index (χ0v) is 11.8. The molecular formula is C16H25NO2. The van der Waals surface area contributed by atoms with E-state index in [0.29, 0.717) is 12.6 Å². The minimum atomic E-state index is -0.827. The van der Waals surface area contributed by atoms with Crippen LogP contribution in [0.3, 0.4) is 0 Å². The molecule has 2 unspecified atom stereocenters. The molecule has 2 atom stereocenters. The molecule has 0 bridgehead atoms. The molecule has 1 aromatic rings. The molecule has 1 aliphatic heterocycles. The molecule has 1 fully saturated rings. The van der Waals surface area contributed by atoms with Crippen LogP contribution in [-0.2, 0) is 5.60 Å². The van der Waals surface area contributed by atoms with Gasteiger partial charge in [-0.05, 0) is 38.3 Å². The Kier molecular flexibility index (Phi) is 4.97. The first-order valence-corrected chi connectivity index (χ1v) is 7.26. The molecule has 1 heterocycles. The van der Waals surface area contributed by atoms with Crippen LogP contribution in [0, 0.1) is 0 Å². The number of β-amino-alcohol motifs (C(OH)–C–C–N with tert-alkyl or cyclic N) is 1. The van der Waals surface area contributed by atoms with E-state index >= 15 is 0 Å². The van der Waals surface area contributed by atoms with Crippen molar-refractivity contribution in [2.75, 3.05) is 19.7 Å². The maximum Gasteiger partial charge on any atom is 0.0994 e. The van der Waals surface area contributed by atoms with Crippen LogP contribution >= 0.6 is 0 Å². The summed E-state index contributed by atoms with van der Waals surface area (Å²) in [6, 6.07) is 10.3. The molecule has 0 saturated carbocycles. The molecule has 19 heavy (non-hydrogen) atoms. The molecule has 3 heteroatoms. The van der Waals surface area contributed by atoms with Crippen LogP contribution in [0.15, 0.2) is 30.3 Å². The van der Waals surface area contributed by atoms with Gasteiger partial charge in [-0.3, -0.25) is 4.90 Å². The lowest BCUT2D eigenvalue weighted by molar-refractivity contribution is -0.0114. The van der Waals surface area contributed by atoms with Crippen molar-refractivity contribution >= 4 is 0 Å². The van der Waals surface area contributed by atoms with Gasteiger partial charge in [0.25, 0.3) is 0 Å². The summed E-state index contributed by atoms with van der Waals surface area (Å²) in [7, 11) is 0. The second-order valence-electron chi connectivity index (χ2n) is 5.77. The van der Waals surface area contributed by atoms with Crippen molar-refractivity contribution in [3.8, 4) is 0 Å². The fraction of sp³-hybridized carbons (Fsp3) is 0.625. The first-order valence-electron chi connectivity index (χ1n) is 7.26. The predicted molar refractivity (Wildman–Crippen MR) is 76.9 cm³/mol. The van der Waals surface area contributed by atoms with Crippen molar-refractivity contribution in [2.45, 2.75) is 44.2 Å². The van der Waals surface area contributed by atoms with Crippen molar-refractivity contribution in [1.82, 2.24) is 4.90 Å². The molecule has 0 amide bonds. The molecule has 1 saturated heterocycles. The van der Waals surface area contributed by atoms with E-state index in [4.69, 9.17) is 5.11 Å². The van der Waals surface area contributed by atoms with E-state index in [1.807, 2.05) is 37.3 Å². The van der Waals surface area contributed by atoms with Gasteiger partial charge in [0.05, 0.1) is 5.60 Å². The highest BCUT2D eigenvalue weighted by atomic mass is 16.3. The largest absolute Gasteiger partial charge is 0.396 e. The maximum atomic E-state index is 10.7. The van der Waals surface area contributed by atoms with Crippen LogP contribution in [0.2, 0.25) is 0 Å². The minimum Gasteiger partial charge on any atom is -0.396 e. The lowest BCUT2D eigenvalue weighted by atomic mass is 9.92. The van der Waals surface area contributed by atoms with Gasteiger partial charge in [0.2, 0.25) is 0 Å². The van der Waals surface area contributed by atoms with Crippen LogP contribution < -0.4 is 0 Å². The van der Waals surface area contributed by atoms with Crippen LogP contribution in [0.25, 0.3) is 0 Å². The summed E-state index contributed by atoms with van der Waals surface area (Å²) in [6.07, 6.45) is 4.36. The number of piperidine rings is 1. The van der Waals surface area contributed by atoms with Crippen molar-refractivity contribution in [2.24, 2.45) is 0 Å². The van der Waals surface area contributed by atoms with E-state index in [1.54, 1.807) is 0 Å². The SMILES string of the molecule is CC(O)(CN1CCCCC1CCO)c1ccccc1. The summed E-state index contributed by atoms with van der Waals surface area (Å²) in [6.45, 7) is 3.77. The number of rotatable bonds is 5. The zero-order valence-electron chi connectivity index (χ0n) is 11.8. The summed E-state index contributed by atoms with van der Waals surface area (Å²) in [4.78, 5) is 2.34. The molecule has 0 radical (unpaired) electrons. The third-order valence-corrected chi connectivity index (χ3v) is 4.12. The first kappa shape index (κ1) is 14.5. The second-order valence-corrected chi connectivity index (χ2v) is 5.77. The average Bonchev–Trinajstić information content (AvgIpc) is 2.42. The molecule has 2 rings (SSSR count). The van der Waals surface area contributed by atoms with Gasteiger partial charge in [-0.15, -0.1) is 0 Å². The Labute approximate surface area is 115 Å². The molecule has 0 aromatic heterocycles. The summed E-state index contributed by atoms with van der Waals surface area (Å²) in [5, 5.41) is 19.9. The topological polar surface area (TPSA) is 43.7 Å². The van der Waals surface area contributed by atoms with E-state index in [1.165, 1.54) is 12.8 Å². The molecule has 1 aliphatic rings. The monoisotopic (exact) mass is 263 g/mol. The Hall–Kier alpha value is -0.900. The zero-order chi connectivity index (χ0) is 13.7. The molecule has 0 aliphatic carbocycles. The van der Waals surface area contributed by atoms with Gasteiger partial charge in [0.15, 0.2) is 0 Å². The van der Waals surface area contributed by atoms with Crippen LogP contribution in [-0.4, -0.2) is 40.9 Å². The molecule has 1 aromatic carbocycles. The van der Waals surface area contributed by atoms with E-state index in [-0.39, 0.29) is 6.61 Å². The highest BCUT2D eigenvalue weighted by molar-refractivity contribution is 5.21. The van der Waals surface area contributed by atoms with Gasteiger partial charge in [-0.25, -0.2) is 0 Å². The highest BCUT2D eigenvalue weighted by Crippen LogP contribution is 2.26. The van der Waals surface area contributed by atoms with Crippen LogP contribution in [0.4, 0.5) is 0 Å². The average molecular weight is 263 g/mol. The second kappa shape index (κ2) is 6.51. The first-order chi connectivity index (χ1) is 9.13. The molecule has 3 nitrogen and oxygen atoms in total. The van der Waals surface area contributed by atoms with E-state index in [2.05, 4.69) is 4.90 Å². The van der Waals surface area contributed by atoms with Gasteiger partial charge >= 0.3 is 0 Å². The summed E-state index contributed by atoms with van der Waals surface area (Å²) in [5.41, 5.74) is 0.134. The standard InChI is InChI=1S/C16H25NO2/c1-16(19,14-7-3-2-4-8-14)13-17-11-6-5-9-15(17)10-12-18/h2-4,7-8,15,18-19H,5-6,9-13H2,1H3. The molecule has 2 N–H and O–H groups in total. The van der Waals surface area contributed by atoms with Crippen molar-refractivity contribution in [3.63, 3.8) is 0 Å². The summed E-state index contributed by atoms with van der Waals surface area (Å²) < 4.78 is 0. The number of hydrogen-bond donors (Lipinski definition) is 2. The van der Waals surface area contributed by atoms with Gasteiger partial charge < -0.3 is 10.2 Å². The smallest absolute Gasteiger partial charge is 0.0994 e. The summed E-state index contributed by atoms with van der Waals surface area (Å²) in [5.74, 6) is 0. The normalized spacial score (nSPS) is 24.1. The Morgan fingerprint density at radius 2 is 2.00 bits per heavy atom. The predicted octanol–water partition coefficient (Wildman–Crippen LogP) is 2.13. The van der Waals surface area contributed by atoms with Crippen LogP contribution in [0.1, 0.15) is 38.2 Å². The fourth-order valence-electron chi connectivity index (χ4n) is 3.03. The number of aliphatic hydroxyl groups is 2. The highest BCUT2D eigenvalue weighted by Gasteiger charge is 2.30.